The number of anilines is 3. The second kappa shape index (κ2) is 6.90. The van der Waals surface area contributed by atoms with Gasteiger partial charge in [0, 0.05) is 19.3 Å². The molecule has 3 heterocycles. The van der Waals surface area contributed by atoms with Crippen LogP contribution < -0.4 is 10.6 Å². The van der Waals surface area contributed by atoms with Crippen molar-refractivity contribution < 1.29 is 0 Å². The molecule has 4 rings (SSSR count). The molecule has 7 heteroatoms. The summed E-state index contributed by atoms with van der Waals surface area (Å²) in [7, 11) is 1.94. The van der Waals surface area contributed by atoms with E-state index in [1.165, 1.54) is 19.3 Å². The first-order chi connectivity index (χ1) is 12.6. The van der Waals surface area contributed by atoms with E-state index < -0.39 is 0 Å². The average Bonchev–Trinajstić information content (AvgIpc) is 2.90. The summed E-state index contributed by atoms with van der Waals surface area (Å²) in [4.78, 5) is 14.0. The van der Waals surface area contributed by atoms with Gasteiger partial charge < -0.3 is 10.6 Å². The molecule has 0 amide bonds. The fourth-order valence-corrected chi connectivity index (χ4v) is 3.20. The Labute approximate surface area is 153 Å². The first-order valence-corrected chi connectivity index (χ1v) is 9.34. The third kappa shape index (κ3) is 3.21. The smallest absolute Gasteiger partial charge is 0.225 e. The van der Waals surface area contributed by atoms with Gasteiger partial charge in [0.25, 0.3) is 0 Å². The van der Waals surface area contributed by atoms with E-state index in [2.05, 4.69) is 27.6 Å². The lowest BCUT2D eigenvalue weighted by atomic mass is 9.93. The van der Waals surface area contributed by atoms with Gasteiger partial charge in [-0.05, 0) is 44.2 Å². The first kappa shape index (κ1) is 16.8. The Bertz CT molecular complexity index is 910. The summed E-state index contributed by atoms with van der Waals surface area (Å²) in [5, 5.41) is 11.5. The van der Waals surface area contributed by atoms with Crippen molar-refractivity contribution in [1.29, 1.82) is 0 Å². The number of hydrogen-bond donors (Lipinski definition) is 2. The number of aromatic nitrogens is 5. The Kier molecular flexibility index (Phi) is 4.44. The lowest BCUT2D eigenvalue weighted by Gasteiger charge is -2.26. The molecule has 136 valence electrons. The number of pyridine rings is 1. The maximum atomic E-state index is 4.79. The molecule has 3 aromatic rings. The molecule has 7 nitrogen and oxygen atoms in total. The predicted octanol–water partition coefficient (Wildman–Crippen LogP) is 3.73. The number of rotatable bonds is 6. The molecule has 0 bridgehead atoms. The first-order valence-electron chi connectivity index (χ1n) is 9.34. The van der Waals surface area contributed by atoms with Crippen LogP contribution in [-0.2, 0) is 13.5 Å². The van der Waals surface area contributed by atoms with Crippen LogP contribution in [-0.4, -0.2) is 30.8 Å². The zero-order valence-corrected chi connectivity index (χ0v) is 15.6. The topological polar surface area (TPSA) is 80.5 Å². The highest BCUT2D eigenvalue weighted by molar-refractivity contribution is 5.90. The van der Waals surface area contributed by atoms with Crippen LogP contribution in [0.2, 0.25) is 0 Å². The van der Waals surface area contributed by atoms with E-state index in [-0.39, 0.29) is 0 Å². The highest BCUT2D eigenvalue weighted by Gasteiger charge is 2.21. The number of nitrogens with one attached hydrogen (secondary N) is 2. The molecular weight excluding hydrogens is 326 g/mol. The van der Waals surface area contributed by atoms with E-state index in [1.807, 2.05) is 37.0 Å². The van der Waals surface area contributed by atoms with Crippen molar-refractivity contribution in [2.24, 2.45) is 7.05 Å². The van der Waals surface area contributed by atoms with Crippen LogP contribution in [0.3, 0.4) is 0 Å². The van der Waals surface area contributed by atoms with Gasteiger partial charge in [-0.3, -0.25) is 4.68 Å². The maximum Gasteiger partial charge on any atom is 0.225 e. The highest BCUT2D eigenvalue weighted by atomic mass is 15.3. The minimum absolute atomic E-state index is 0.476. The molecule has 1 aliphatic rings. The van der Waals surface area contributed by atoms with Crippen LogP contribution in [0.5, 0.6) is 0 Å². The van der Waals surface area contributed by atoms with E-state index in [0.717, 1.165) is 46.8 Å². The van der Waals surface area contributed by atoms with Crippen LogP contribution in [0.4, 0.5) is 17.6 Å². The molecule has 1 aliphatic carbocycles. The predicted molar refractivity (Wildman–Crippen MR) is 104 cm³/mol. The standard InChI is InChI=1S/C19H25N7/c1-4-6-14-16-17(26(3)25-14)18(22-15-10-9-12(2)11-20-15)24-19(23-16)21-13-7-5-8-13/h9-11,13H,4-8H2,1-3H3,(H2,20,21,22,23,24). The van der Waals surface area contributed by atoms with Crippen LogP contribution in [0.25, 0.3) is 11.0 Å². The third-order valence-corrected chi connectivity index (χ3v) is 4.83. The lowest BCUT2D eigenvalue weighted by Crippen LogP contribution is -2.28. The molecule has 0 unspecified atom stereocenters. The quantitative estimate of drug-likeness (QED) is 0.704. The van der Waals surface area contributed by atoms with Gasteiger partial charge in [0.2, 0.25) is 5.95 Å². The fraction of sp³-hybridized carbons (Fsp3) is 0.474. The van der Waals surface area contributed by atoms with Crippen molar-refractivity contribution in [3.8, 4) is 0 Å². The Balaban J connectivity index is 1.78. The Morgan fingerprint density at radius 2 is 2.08 bits per heavy atom. The molecule has 0 radical (unpaired) electrons. The molecule has 0 aliphatic heterocycles. The summed E-state index contributed by atoms with van der Waals surface area (Å²) < 4.78 is 1.87. The average molecular weight is 351 g/mol. The molecular formula is C19H25N7. The molecule has 0 spiro atoms. The molecule has 1 saturated carbocycles. The Morgan fingerprint density at radius 3 is 2.73 bits per heavy atom. The lowest BCUT2D eigenvalue weighted by molar-refractivity contribution is 0.443. The zero-order chi connectivity index (χ0) is 18.1. The minimum atomic E-state index is 0.476. The molecule has 3 aromatic heterocycles. The van der Waals surface area contributed by atoms with Gasteiger partial charge in [-0.2, -0.15) is 10.1 Å². The molecule has 2 N–H and O–H groups in total. The van der Waals surface area contributed by atoms with Crippen molar-refractivity contribution in [2.75, 3.05) is 10.6 Å². The second-order valence-corrected chi connectivity index (χ2v) is 7.03. The van der Waals surface area contributed by atoms with Crippen molar-refractivity contribution in [1.82, 2.24) is 24.7 Å². The molecule has 1 fully saturated rings. The van der Waals surface area contributed by atoms with Gasteiger partial charge in [0.15, 0.2) is 5.82 Å². The number of fused-ring (bicyclic) bond motifs is 1. The number of nitrogens with zero attached hydrogens (tertiary/aromatic N) is 5. The van der Waals surface area contributed by atoms with Gasteiger partial charge in [-0.25, -0.2) is 9.97 Å². The number of aryl methyl sites for hydroxylation is 3. The van der Waals surface area contributed by atoms with Crippen LogP contribution in [0, 0.1) is 6.92 Å². The van der Waals surface area contributed by atoms with E-state index >= 15 is 0 Å². The summed E-state index contributed by atoms with van der Waals surface area (Å²) in [6.45, 7) is 4.18. The molecule has 0 atom stereocenters. The van der Waals surface area contributed by atoms with Gasteiger partial charge >= 0.3 is 0 Å². The van der Waals surface area contributed by atoms with Crippen molar-refractivity contribution in [3.05, 3.63) is 29.6 Å². The summed E-state index contributed by atoms with van der Waals surface area (Å²) in [5.41, 5.74) is 3.97. The van der Waals surface area contributed by atoms with Crippen molar-refractivity contribution in [2.45, 2.75) is 52.0 Å². The van der Waals surface area contributed by atoms with Crippen LogP contribution in [0.15, 0.2) is 18.3 Å². The third-order valence-electron chi connectivity index (χ3n) is 4.83. The zero-order valence-electron chi connectivity index (χ0n) is 15.6. The van der Waals surface area contributed by atoms with Crippen molar-refractivity contribution >= 4 is 28.6 Å². The SMILES string of the molecule is CCCc1nn(C)c2c(Nc3ccc(C)cn3)nc(NC3CCC3)nc12. The second-order valence-electron chi connectivity index (χ2n) is 7.03. The van der Waals surface area contributed by atoms with Gasteiger partial charge in [0.1, 0.15) is 16.9 Å². The van der Waals surface area contributed by atoms with Gasteiger partial charge in [-0.1, -0.05) is 19.4 Å². The maximum absolute atomic E-state index is 4.79. The Hall–Kier alpha value is -2.70. The molecule has 26 heavy (non-hydrogen) atoms. The molecule has 0 saturated heterocycles. The minimum Gasteiger partial charge on any atom is -0.351 e. The van der Waals surface area contributed by atoms with Gasteiger partial charge in [-0.15, -0.1) is 0 Å². The monoisotopic (exact) mass is 351 g/mol. The van der Waals surface area contributed by atoms with Crippen LogP contribution in [0.1, 0.15) is 43.9 Å². The normalized spacial score (nSPS) is 14.4. The summed E-state index contributed by atoms with van der Waals surface area (Å²) >= 11 is 0. The Morgan fingerprint density at radius 1 is 1.23 bits per heavy atom. The summed E-state index contributed by atoms with van der Waals surface area (Å²) in [6, 6.07) is 4.47. The van der Waals surface area contributed by atoms with E-state index in [0.29, 0.717) is 12.0 Å². The fourth-order valence-electron chi connectivity index (χ4n) is 3.20. The van der Waals surface area contributed by atoms with Crippen LogP contribution >= 0.6 is 0 Å². The van der Waals surface area contributed by atoms with Crippen molar-refractivity contribution in [3.63, 3.8) is 0 Å². The summed E-state index contributed by atoms with van der Waals surface area (Å²) in [5.74, 6) is 2.18. The summed E-state index contributed by atoms with van der Waals surface area (Å²) in [6.07, 6.45) is 7.41. The molecule has 0 aromatic carbocycles. The van der Waals surface area contributed by atoms with E-state index in [4.69, 9.17) is 9.97 Å². The van der Waals surface area contributed by atoms with E-state index in [9.17, 15) is 0 Å². The largest absolute Gasteiger partial charge is 0.351 e. The van der Waals surface area contributed by atoms with E-state index in [1.54, 1.807) is 0 Å². The number of hydrogen-bond acceptors (Lipinski definition) is 6. The van der Waals surface area contributed by atoms with Gasteiger partial charge in [0.05, 0.1) is 5.69 Å². The highest BCUT2D eigenvalue weighted by Crippen LogP contribution is 2.29.